The molecule has 0 heterocycles. The molecule has 0 aliphatic carbocycles. The molecule has 2 nitrogen and oxygen atoms in total. The van der Waals surface area contributed by atoms with Crippen LogP contribution >= 0.6 is 0 Å². The van der Waals surface area contributed by atoms with Crippen LogP contribution in [0.2, 0.25) is 0 Å². The fourth-order valence-electron chi connectivity index (χ4n) is 0.720. The molecule has 1 atom stereocenters. The van der Waals surface area contributed by atoms with Crippen molar-refractivity contribution in [1.82, 2.24) is 5.32 Å². The van der Waals surface area contributed by atoms with E-state index in [0.29, 0.717) is 0 Å². The van der Waals surface area contributed by atoms with Gasteiger partial charge in [0.2, 0.25) is 0 Å². The van der Waals surface area contributed by atoms with Gasteiger partial charge in [0.15, 0.2) is 0 Å². The first-order valence-electron chi connectivity index (χ1n) is 3.69. The molecule has 0 amide bonds. The van der Waals surface area contributed by atoms with E-state index in [-0.39, 0.29) is 11.6 Å². The standard InChI is InChI=1S/C8H16N2/c1-5-8(3,4)10-7(2)6-9/h7,10H,5H2,1-4H3. The Morgan fingerprint density at radius 1 is 1.60 bits per heavy atom. The predicted octanol–water partition coefficient (Wildman–Crippen LogP) is 1.68. The van der Waals surface area contributed by atoms with Crippen molar-refractivity contribution in [2.45, 2.75) is 45.7 Å². The Balaban J connectivity index is 3.79. The zero-order valence-electron chi connectivity index (χ0n) is 7.23. The third kappa shape index (κ3) is 3.47. The summed E-state index contributed by atoms with van der Waals surface area (Å²) in [5, 5.41) is 11.7. The molecule has 0 aromatic heterocycles. The Bertz CT molecular complexity index is 133. The number of rotatable bonds is 3. The van der Waals surface area contributed by atoms with Gasteiger partial charge < -0.3 is 0 Å². The molecule has 0 fully saturated rings. The van der Waals surface area contributed by atoms with Crippen LogP contribution in [0.1, 0.15) is 34.1 Å². The highest BCUT2D eigenvalue weighted by Crippen LogP contribution is 2.07. The summed E-state index contributed by atoms with van der Waals surface area (Å²) in [5.74, 6) is 0. The molecule has 58 valence electrons. The summed E-state index contributed by atoms with van der Waals surface area (Å²) in [4.78, 5) is 0. The summed E-state index contributed by atoms with van der Waals surface area (Å²) in [7, 11) is 0. The highest BCUT2D eigenvalue weighted by atomic mass is 15.0. The largest absolute Gasteiger partial charge is 0.297 e. The lowest BCUT2D eigenvalue weighted by Crippen LogP contribution is -2.43. The first-order valence-corrected chi connectivity index (χ1v) is 3.69. The summed E-state index contributed by atoms with van der Waals surface area (Å²) in [6.07, 6.45) is 1.04. The second-order valence-electron chi connectivity index (χ2n) is 3.23. The summed E-state index contributed by atoms with van der Waals surface area (Å²) in [6.45, 7) is 8.18. The Labute approximate surface area is 63.2 Å². The average molecular weight is 140 g/mol. The molecule has 0 saturated carbocycles. The molecule has 0 radical (unpaired) electrons. The van der Waals surface area contributed by atoms with Crippen molar-refractivity contribution in [3.8, 4) is 6.07 Å². The van der Waals surface area contributed by atoms with Gasteiger partial charge in [-0.05, 0) is 27.2 Å². The molecule has 0 spiro atoms. The van der Waals surface area contributed by atoms with Crippen LogP contribution in [0, 0.1) is 11.3 Å². The van der Waals surface area contributed by atoms with Crippen LogP contribution in [0.25, 0.3) is 0 Å². The van der Waals surface area contributed by atoms with Crippen LogP contribution in [-0.4, -0.2) is 11.6 Å². The molecule has 1 N–H and O–H groups in total. The van der Waals surface area contributed by atoms with Crippen molar-refractivity contribution in [2.75, 3.05) is 0 Å². The Hall–Kier alpha value is -0.550. The molecule has 0 aromatic carbocycles. The minimum Gasteiger partial charge on any atom is -0.297 e. The summed E-state index contributed by atoms with van der Waals surface area (Å²) < 4.78 is 0. The van der Waals surface area contributed by atoms with Crippen molar-refractivity contribution in [2.24, 2.45) is 0 Å². The highest BCUT2D eigenvalue weighted by Gasteiger charge is 2.16. The van der Waals surface area contributed by atoms with Gasteiger partial charge in [0.25, 0.3) is 0 Å². The highest BCUT2D eigenvalue weighted by molar-refractivity contribution is 4.91. The van der Waals surface area contributed by atoms with E-state index in [1.807, 2.05) is 6.92 Å². The number of nitrogens with zero attached hydrogens (tertiary/aromatic N) is 1. The molecular weight excluding hydrogens is 124 g/mol. The Morgan fingerprint density at radius 3 is 2.40 bits per heavy atom. The quantitative estimate of drug-likeness (QED) is 0.647. The van der Waals surface area contributed by atoms with Crippen LogP contribution in [0.3, 0.4) is 0 Å². The van der Waals surface area contributed by atoms with Gasteiger partial charge in [-0.1, -0.05) is 6.92 Å². The summed E-state index contributed by atoms with van der Waals surface area (Å²) >= 11 is 0. The normalized spacial score (nSPS) is 14.3. The maximum Gasteiger partial charge on any atom is 0.0928 e. The molecule has 0 bridgehead atoms. The SMILES string of the molecule is CCC(C)(C)NC(C)C#N. The monoisotopic (exact) mass is 140 g/mol. The molecule has 1 unspecified atom stereocenters. The van der Waals surface area contributed by atoms with Gasteiger partial charge in [0.05, 0.1) is 12.1 Å². The van der Waals surface area contributed by atoms with E-state index in [0.717, 1.165) is 6.42 Å². The van der Waals surface area contributed by atoms with Crippen molar-refractivity contribution >= 4 is 0 Å². The zero-order chi connectivity index (χ0) is 8.20. The smallest absolute Gasteiger partial charge is 0.0928 e. The minimum absolute atomic E-state index is 0.0463. The van der Waals surface area contributed by atoms with E-state index < -0.39 is 0 Å². The van der Waals surface area contributed by atoms with Crippen molar-refractivity contribution in [1.29, 1.82) is 5.26 Å². The molecule has 0 aliphatic rings. The predicted molar refractivity (Wildman–Crippen MR) is 42.6 cm³/mol. The second kappa shape index (κ2) is 3.58. The van der Waals surface area contributed by atoms with E-state index in [1.165, 1.54) is 0 Å². The Morgan fingerprint density at radius 2 is 2.10 bits per heavy atom. The van der Waals surface area contributed by atoms with Gasteiger partial charge in [0, 0.05) is 5.54 Å². The van der Waals surface area contributed by atoms with Gasteiger partial charge >= 0.3 is 0 Å². The van der Waals surface area contributed by atoms with E-state index in [1.54, 1.807) is 0 Å². The second-order valence-corrected chi connectivity index (χ2v) is 3.23. The topological polar surface area (TPSA) is 35.8 Å². The first-order chi connectivity index (χ1) is 4.52. The molecule has 2 heteroatoms. The van der Waals surface area contributed by atoms with Crippen LogP contribution in [0.5, 0.6) is 0 Å². The van der Waals surface area contributed by atoms with Gasteiger partial charge in [-0.25, -0.2) is 0 Å². The maximum atomic E-state index is 8.48. The maximum absolute atomic E-state index is 8.48. The number of nitriles is 1. The molecule has 0 saturated heterocycles. The molecule has 0 aliphatic heterocycles. The third-order valence-corrected chi connectivity index (χ3v) is 1.68. The van der Waals surface area contributed by atoms with Crippen LogP contribution < -0.4 is 5.32 Å². The first kappa shape index (κ1) is 9.45. The van der Waals surface area contributed by atoms with E-state index in [9.17, 15) is 0 Å². The van der Waals surface area contributed by atoms with Crippen LogP contribution in [0.15, 0.2) is 0 Å². The van der Waals surface area contributed by atoms with Crippen LogP contribution in [-0.2, 0) is 0 Å². The lowest BCUT2D eigenvalue weighted by Gasteiger charge is -2.25. The molecule has 0 aromatic rings. The van der Waals surface area contributed by atoms with Crippen LogP contribution in [0.4, 0.5) is 0 Å². The number of hydrogen-bond acceptors (Lipinski definition) is 2. The van der Waals surface area contributed by atoms with Gasteiger partial charge in [0.1, 0.15) is 0 Å². The molecular formula is C8H16N2. The van der Waals surface area contributed by atoms with E-state index in [2.05, 4.69) is 32.2 Å². The van der Waals surface area contributed by atoms with Gasteiger partial charge in [-0.3, -0.25) is 5.32 Å². The lowest BCUT2D eigenvalue weighted by molar-refractivity contribution is 0.361. The average Bonchev–Trinajstić information content (AvgIpc) is 1.87. The van der Waals surface area contributed by atoms with Gasteiger partial charge in [-0.2, -0.15) is 5.26 Å². The fourth-order valence-corrected chi connectivity index (χ4v) is 0.720. The minimum atomic E-state index is -0.0463. The van der Waals surface area contributed by atoms with Crippen molar-refractivity contribution < 1.29 is 0 Å². The van der Waals surface area contributed by atoms with Crippen molar-refractivity contribution in [3.05, 3.63) is 0 Å². The lowest BCUT2D eigenvalue weighted by atomic mass is 10.0. The summed E-state index contributed by atoms with van der Waals surface area (Å²) in [5.41, 5.74) is 0.0924. The third-order valence-electron chi connectivity index (χ3n) is 1.68. The Kier molecular flexibility index (Phi) is 3.38. The van der Waals surface area contributed by atoms with E-state index >= 15 is 0 Å². The fraction of sp³-hybridized carbons (Fsp3) is 0.875. The number of nitrogens with one attached hydrogen (secondary N) is 1. The zero-order valence-corrected chi connectivity index (χ0v) is 7.23. The van der Waals surface area contributed by atoms with Gasteiger partial charge in [-0.15, -0.1) is 0 Å². The molecule has 10 heavy (non-hydrogen) atoms. The summed E-state index contributed by atoms with van der Waals surface area (Å²) in [6, 6.07) is 2.10. The molecule has 0 rings (SSSR count). The number of hydrogen-bond donors (Lipinski definition) is 1. The van der Waals surface area contributed by atoms with Crippen molar-refractivity contribution in [3.63, 3.8) is 0 Å². The van der Waals surface area contributed by atoms with E-state index in [4.69, 9.17) is 5.26 Å².